The fraction of sp³-hybridized carbons (Fsp3) is 0.467. The van der Waals surface area contributed by atoms with Gasteiger partial charge in [-0.05, 0) is 26.0 Å². The van der Waals surface area contributed by atoms with Gasteiger partial charge in [0.2, 0.25) is 11.7 Å². The SMILES string of the molecule is Cc1nc(C)c(-c2ccc(O[C@@H]3OC(S(=O)(=O)O)[C@@H](O)[C@H](O)[C@H]3O)cn2)s1. The van der Waals surface area contributed by atoms with Crippen molar-refractivity contribution in [3.05, 3.63) is 29.0 Å². The lowest BCUT2D eigenvalue weighted by atomic mass is 10.1. The first-order chi connectivity index (χ1) is 12.6. The van der Waals surface area contributed by atoms with E-state index in [-0.39, 0.29) is 5.75 Å². The molecule has 12 heteroatoms. The Balaban J connectivity index is 1.79. The van der Waals surface area contributed by atoms with Gasteiger partial charge in [-0.15, -0.1) is 11.3 Å². The predicted octanol–water partition coefficient (Wildman–Crippen LogP) is -0.146. The number of aromatic nitrogens is 2. The van der Waals surface area contributed by atoms with Crippen LogP contribution < -0.4 is 4.74 Å². The number of aliphatic hydroxyl groups excluding tert-OH is 3. The second-order valence-electron chi connectivity index (χ2n) is 6.00. The summed E-state index contributed by atoms with van der Waals surface area (Å²) in [5.74, 6) is 0.124. The van der Waals surface area contributed by atoms with Crippen molar-refractivity contribution in [1.82, 2.24) is 9.97 Å². The van der Waals surface area contributed by atoms with Crippen molar-refractivity contribution in [2.24, 2.45) is 0 Å². The summed E-state index contributed by atoms with van der Waals surface area (Å²) >= 11 is 1.48. The lowest BCUT2D eigenvalue weighted by Crippen LogP contribution is -2.61. The summed E-state index contributed by atoms with van der Waals surface area (Å²) in [6.07, 6.45) is -5.99. The molecule has 10 nitrogen and oxygen atoms in total. The van der Waals surface area contributed by atoms with E-state index in [0.717, 1.165) is 15.6 Å². The minimum absolute atomic E-state index is 0.124. The molecule has 1 unspecified atom stereocenters. The van der Waals surface area contributed by atoms with Crippen LogP contribution in [0.25, 0.3) is 10.6 Å². The van der Waals surface area contributed by atoms with Gasteiger partial charge in [0, 0.05) is 0 Å². The third kappa shape index (κ3) is 4.11. The fourth-order valence-corrected chi connectivity index (χ4v) is 4.31. The molecule has 1 fully saturated rings. The van der Waals surface area contributed by atoms with Crippen LogP contribution >= 0.6 is 11.3 Å². The fourth-order valence-electron chi connectivity index (χ4n) is 2.65. The molecule has 3 rings (SSSR count). The molecule has 148 valence electrons. The molecule has 2 aromatic heterocycles. The first-order valence-corrected chi connectivity index (χ1v) is 10.1. The van der Waals surface area contributed by atoms with Crippen LogP contribution in [0.5, 0.6) is 5.75 Å². The van der Waals surface area contributed by atoms with Crippen molar-refractivity contribution in [3.8, 4) is 16.3 Å². The summed E-state index contributed by atoms with van der Waals surface area (Å²) in [5.41, 5.74) is -0.671. The largest absolute Gasteiger partial charge is 0.460 e. The molecule has 5 atom stereocenters. The van der Waals surface area contributed by atoms with Crippen LogP contribution in [-0.2, 0) is 14.9 Å². The average Bonchev–Trinajstić information content (AvgIpc) is 2.93. The van der Waals surface area contributed by atoms with Gasteiger partial charge >= 0.3 is 0 Å². The molecule has 0 aromatic carbocycles. The summed E-state index contributed by atoms with van der Waals surface area (Å²) in [6, 6.07) is 3.17. The highest BCUT2D eigenvalue weighted by Gasteiger charge is 2.50. The average molecular weight is 418 g/mol. The van der Waals surface area contributed by atoms with Crippen molar-refractivity contribution in [1.29, 1.82) is 0 Å². The van der Waals surface area contributed by atoms with E-state index >= 15 is 0 Å². The number of aryl methyl sites for hydroxylation is 2. The summed E-state index contributed by atoms with van der Waals surface area (Å²) in [7, 11) is -4.85. The Kier molecular flexibility index (Phi) is 5.49. The lowest BCUT2D eigenvalue weighted by Gasteiger charge is -2.38. The van der Waals surface area contributed by atoms with Gasteiger partial charge in [-0.1, -0.05) is 0 Å². The first-order valence-electron chi connectivity index (χ1n) is 7.81. The van der Waals surface area contributed by atoms with Crippen LogP contribution in [0.1, 0.15) is 10.7 Å². The summed E-state index contributed by atoms with van der Waals surface area (Å²) in [4.78, 5) is 9.45. The quantitative estimate of drug-likeness (QED) is 0.492. The number of pyridine rings is 1. The Bertz CT molecular complexity index is 914. The highest BCUT2D eigenvalue weighted by molar-refractivity contribution is 7.86. The van der Waals surface area contributed by atoms with E-state index in [9.17, 15) is 23.7 Å². The van der Waals surface area contributed by atoms with Crippen molar-refractivity contribution >= 4 is 21.5 Å². The maximum atomic E-state index is 11.3. The zero-order valence-corrected chi connectivity index (χ0v) is 15.9. The number of hydrogen-bond donors (Lipinski definition) is 4. The second-order valence-corrected chi connectivity index (χ2v) is 8.70. The highest BCUT2D eigenvalue weighted by atomic mass is 32.2. The highest BCUT2D eigenvalue weighted by Crippen LogP contribution is 2.30. The van der Waals surface area contributed by atoms with Crippen LogP contribution in [0, 0.1) is 13.8 Å². The van der Waals surface area contributed by atoms with Gasteiger partial charge in [0.05, 0.1) is 27.5 Å². The van der Waals surface area contributed by atoms with Crippen molar-refractivity contribution in [3.63, 3.8) is 0 Å². The molecule has 0 spiro atoms. The van der Waals surface area contributed by atoms with E-state index in [1.807, 2.05) is 13.8 Å². The molecular formula is C15H18N2O8S2. The van der Waals surface area contributed by atoms with Gasteiger partial charge in [0.1, 0.15) is 24.1 Å². The summed E-state index contributed by atoms with van der Waals surface area (Å²) in [5, 5.41) is 30.3. The van der Waals surface area contributed by atoms with Gasteiger partial charge < -0.3 is 24.8 Å². The van der Waals surface area contributed by atoms with Gasteiger partial charge in [-0.3, -0.25) is 9.54 Å². The smallest absolute Gasteiger partial charge is 0.295 e. The van der Waals surface area contributed by atoms with Gasteiger partial charge in [-0.25, -0.2) is 4.98 Å². The molecule has 0 radical (unpaired) electrons. The van der Waals surface area contributed by atoms with Gasteiger partial charge in [0.25, 0.3) is 10.1 Å². The molecule has 1 saturated heterocycles. The molecule has 0 amide bonds. The Morgan fingerprint density at radius 3 is 2.37 bits per heavy atom. The maximum absolute atomic E-state index is 11.3. The number of nitrogens with zero attached hydrogens (tertiary/aromatic N) is 2. The molecule has 0 bridgehead atoms. The maximum Gasteiger partial charge on any atom is 0.295 e. The topological polar surface area (TPSA) is 159 Å². The number of hydrogen-bond acceptors (Lipinski definition) is 10. The van der Waals surface area contributed by atoms with E-state index < -0.39 is 40.2 Å². The summed E-state index contributed by atoms with van der Waals surface area (Å²) in [6.45, 7) is 3.74. The molecule has 4 N–H and O–H groups in total. The number of thiazole rings is 1. The summed E-state index contributed by atoms with van der Waals surface area (Å²) < 4.78 is 42.0. The van der Waals surface area contributed by atoms with E-state index in [1.165, 1.54) is 23.6 Å². The van der Waals surface area contributed by atoms with Crippen LogP contribution in [-0.4, -0.2) is 68.3 Å². The van der Waals surface area contributed by atoms with Crippen LogP contribution in [0.4, 0.5) is 0 Å². The second kappa shape index (κ2) is 7.39. The molecule has 1 aliphatic rings. The van der Waals surface area contributed by atoms with Crippen molar-refractivity contribution < 1.29 is 37.8 Å². The van der Waals surface area contributed by atoms with Gasteiger partial charge in [0.15, 0.2) is 0 Å². The van der Waals surface area contributed by atoms with Crippen LogP contribution in [0.2, 0.25) is 0 Å². The van der Waals surface area contributed by atoms with Crippen molar-refractivity contribution in [2.75, 3.05) is 0 Å². The third-order valence-corrected chi connectivity index (χ3v) is 6.02. The van der Waals surface area contributed by atoms with E-state index in [1.54, 1.807) is 6.07 Å². The number of aliphatic hydroxyl groups is 3. The normalized spacial score (nSPS) is 28.9. The Labute approximate surface area is 158 Å². The zero-order chi connectivity index (χ0) is 19.9. The van der Waals surface area contributed by atoms with Crippen LogP contribution in [0.3, 0.4) is 0 Å². The minimum atomic E-state index is -4.85. The lowest BCUT2D eigenvalue weighted by molar-refractivity contribution is -0.254. The zero-order valence-electron chi connectivity index (χ0n) is 14.3. The molecule has 1 aliphatic heterocycles. The Hall–Kier alpha value is -1.67. The Morgan fingerprint density at radius 1 is 1.15 bits per heavy atom. The van der Waals surface area contributed by atoms with Crippen LogP contribution in [0.15, 0.2) is 18.3 Å². The van der Waals surface area contributed by atoms with E-state index in [2.05, 4.69) is 9.97 Å². The molecular weight excluding hydrogens is 400 g/mol. The molecule has 3 heterocycles. The predicted molar refractivity (Wildman–Crippen MR) is 93.7 cm³/mol. The first kappa shape index (κ1) is 20.1. The molecule has 27 heavy (non-hydrogen) atoms. The molecule has 0 saturated carbocycles. The number of rotatable bonds is 4. The third-order valence-electron chi connectivity index (χ3n) is 3.94. The number of ether oxygens (including phenoxy) is 2. The van der Waals surface area contributed by atoms with Crippen molar-refractivity contribution in [2.45, 2.75) is 43.9 Å². The van der Waals surface area contributed by atoms with Gasteiger partial charge in [-0.2, -0.15) is 8.42 Å². The Morgan fingerprint density at radius 2 is 1.85 bits per heavy atom. The van der Waals surface area contributed by atoms with E-state index in [0.29, 0.717) is 5.69 Å². The molecule has 2 aromatic rings. The monoisotopic (exact) mass is 418 g/mol. The minimum Gasteiger partial charge on any atom is -0.460 e. The standard InChI is InChI=1S/C15H18N2O8S2/c1-6-13(26-7(2)17-6)9-4-3-8(5-16-9)24-14-11(19)10(18)12(20)15(25-14)27(21,22)23/h3-5,10-12,14-15,18-20H,1-2H3,(H,21,22,23)/t10-,11-,12+,14-,15?/m1/s1. The molecule has 0 aliphatic carbocycles. The van der Waals surface area contributed by atoms with E-state index in [4.69, 9.17) is 14.0 Å².